The summed E-state index contributed by atoms with van der Waals surface area (Å²) in [5.74, 6) is -1.45. The number of halogens is 2. The van der Waals surface area contributed by atoms with Gasteiger partial charge < -0.3 is 59.6 Å². The molecule has 13 nitrogen and oxygen atoms in total. The Labute approximate surface area is 268 Å². The van der Waals surface area contributed by atoms with Gasteiger partial charge >= 0.3 is 0 Å². The number of hydrogen-bond acceptors (Lipinski definition) is 12. The summed E-state index contributed by atoms with van der Waals surface area (Å²) < 4.78 is 40.8. The number of nitrogens with one attached hydrogen (secondary N) is 1. The summed E-state index contributed by atoms with van der Waals surface area (Å²) in [6.07, 6.45) is -8.22. The smallest absolute Gasteiger partial charge is 0.247 e. The van der Waals surface area contributed by atoms with Crippen molar-refractivity contribution in [3.63, 3.8) is 0 Å². The minimum atomic E-state index is -1.51. The summed E-state index contributed by atoms with van der Waals surface area (Å²) in [4.78, 5) is 12.9. The van der Waals surface area contributed by atoms with Gasteiger partial charge in [0.25, 0.3) is 0 Å². The average Bonchev–Trinajstić information content (AvgIpc) is 3.62. The molecule has 1 saturated carbocycles. The van der Waals surface area contributed by atoms with Crippen molar-refractivity contribution < 1.29 is 63.5 Å². The molecule has 46 heavy (non-hydrogen) atoms. The molecule has 0 bridgehead atoms. The van der Waals surface area contributed by atoms with Gasteiger partial charge in [0, 0.05) is 11.6 Å². The van der Waals surface area contributed by atoms with Crippen LogP contribution < -0.4 is 14.8 Å². The number of aliphatic hydroxyl groups excluding tert-OH is 5. The Bertz CT molecular complexity index is 1490. The monoisotopic (exact) mass is 667 g/mol. The molecule has 3 fully saturated rings. The molecule has 2 heterocycles. The van der Waals surface area contributed by atoms with Crippen LogP contribution in [0.4, 0.5) is 4.39 Å². The zero-order valence-corrected chi connectivity index (χ0v) is 25.5. The second-order valence-electron chi connectivity index (χ2n) is 11.3. The van der Waals surface area contributed by atoms with Crippen molar-refractivity contribution in [3.8, 4) is 17.2 Å². The Morgan fingerprint density at radius 1 is 0.978 bits per heavy atom. The Morgan fingerprint density at radius 2 is 1.70 bits per heavy atom. The summed E-state index contributed by atoms with van der Waals surface area (Å²) in [5.41, 5.74) is 1.03. The zero-order chi connectivity index (χ0) is 33.3. The van der Waals surface area contributed by atoms with E-state index < -0.39 is 72.9 Å². The molecule has 2 aliphatic heterocycles. The van der Waals surface area contributed by atoms with Gasteiger partial charge in [0.05, 0.1) is 11.1 Å². The maximum Gasteiger partial charge on any atom is 0.247 e. The van der Waals surface area contributed by atoms with E-state index in [4.69, 9.17) is 35.3 Å². The number of aromatic hydroxyl groups is 1. The summed E-state index contributed by atoms with van der Waals surface area (Å²) in [7, 11) is 0. The molecule has 2 aromatic rings. The van der Waals surface area contributed by atoms with E-state index in [1.165, 1.54) is 43.3 Å². The number of amides is 1. The highest BCUT2D eigenvalue weighted by Crippen LogP contribution is 2.34. The van der Waals surface area contributed by atoms with E-state index in [2.05, 4.69) is 5.32 Å². The minimum absolute atomic E-state index is 0.0233. The lowest BCUT2D eigenvalue weighted by molar-refractivity contribution is -0.155. The second kappa shape index (κ2) is 14.2. The number of ether oxygens (including phenoxy) is 5. The van der Waals surface area contributed by atoms with Gasteiger partial charge in [0.2, 0.25) is 12.2 Å². The van der Waals surface area contributed by atoms with Gasteiger partial charge in [-0.15, -0.1) is 0 Å². The largest absolute Gasteiger partial charge is 0.504 e. The van der Waals surface area contributed by atoms with Crippen molar-refractivity contribution in [1.29, 1.82) is 0 Å². The van der Waals surface area contributed by atoms with E-state index >= 15 is 0 Å². The van der Waals surface area contributed by atoms with Gasteiger partial charge in [-0.05, 0) is 61.4 Å². The number of phenolic OH excluding ortho intramolecular Hbond substituents is 1. The molecule has 0 radical (unpaired) electrons. The van der Waals surface area contributed by atoms with E-state index in [9.17, 15) is 39.8 Å². The normalized spacial score (nSPS) is 33.1. The van der Waals surface area contributed by atoms with E-state index in [0.717, 1.165) is 6.07 Å². The Hall–Kier alpha value is -3.31. The lowest BCUT2D eigenvalue weighted by Crippen LogP contribution is -2.67. The van der Waals surface area contributed by atoms with E-state index in [1.807, 2.05) is 0 Å². The predicted molar refractivity (Wildman–Crippen MR) is 158 cm³/mol. The summed E-state index contributed by atoms with van der Waals surface area (Å²) >= 11 is 6.00. The molecule has 1 amide bonds. The van der Waals surface area contributed by atoms with Crippen molar-refractivity contribution in [3.05, 3.63) is 70.0 Å². The molecular weight excluding hydrogens is 633 g/mol. The highest BCUT2D eigenvalue weighted by Gasteiger charge is 2.53. The van der Waals surface area contributed by atoms with Crippen LogP contribution in [0.1, 0.15) is 19.4 Å². The standard InChI is InChI=1S/C31H35ClFNO12/c1-13(7-8-42-20-11-16(33)4-5-17(20)32)27-25(39)26(40)31(46-27)45-19-6-3-15(10-18(19)35)9-14(2)30(41)34-21-22(36)24(38)29-28(23(21)37)43-12-44-29/h3-7,9-11,21-29,31,35-40H,8,12H2,1-2H3,(H,34,41)/b13-7+,14-9+/t21-,22+,23-,24-,25+,26+,27-,28+,29-,31-/m1/s1. The van der Waals surface area contributed by atoms with Gasteiger partial charge in [-0.1, -0.05) is 17.7 Å². The molecule has 0 spiro atoms. The van der Waals surface area contributed by atoms with Gasteiger partial charge in [0.1, 0.15) is 73.8 Å². The molecule has 3 aliphatic rings. The average molecular weight is 668 g/mol. The van der Waals surface area contributed by atoms with Gasteiger partial charge in [-0.2, -0.15) is 0 Å². The van der Waals surface area contributed by atoms with Crippen LogP contribution in [0.25, 0.3) is 6.08 Å². The van der Waals surface area contributed by atoms with Crippen LogP contribution in [0.15, 0.2) is 53.6 Å². The summed E-state index contributed by atoms with van der Waals surface area (Å²) in [6.45, 7) is 2.94. The van der Waals surface area contributed by atoms with Crippen molar-refractivity contribution >= 4 is 23.6 Å². The van der Waals surface area contributed by atoms with Crippen molar-refractivity contribution in [1.82, 2.24) is 5.32 Å². The van der Waals surface area contributed by atoms with Crippen LogP contribution in [-0.4, -0.2) is 111 Å². The molecule has 5 rings (SSSR count). The number of hydrogen-bond donors (Lipinski definition) is 7. The quantitative estimate of drug-likeness (QED) is 0.147. The van der Waals surface area contributed by atoms with E-state index in [1.54, 1.807) is 13.0 Å². The predicted octanol–water partition coefficient (Wildman–Crippen LogP) is 0.761. The maximum atomic E-state index is 13.5. The fourth-order valence-electron chi connectivity index (χ4n) is 5.47. The van der Waals surface area contributed by atoms with Crippen molar-refractivity contribution in [2.45, 2.75) is 75.0 Å². The van der Waals surface area contributed by atoms with Crippen LogP contribution in [-0.2, 0) is 19.0 Å². The van der Waals surface area contributed by atoms with Crippen LogP contribution in [0.2, 0.25) is 5.02 Å². The van der Waals surface area contributed by atoms with Gasteiger partial charge in [-0.3, -0.25) is 4.79 Å². The van der Waals surface area contributed by atoms with E-state index in [-0.39, 0.29) is 41.2 Å². The molecule has 2 saturated heterocycles. The molecule has 0 unspecified atom stereocenters. The first kappa shape index (κ1) is 34.0. The molecule has 0 aromatic heterocycles. The lowest BCUT2D eigenvalue weighted by Gasteiger charge is -2.41. The molecule has 15 heteroatoms. The number of carbonyl (C=O) groups excluding carboxylic acids is 1. The minimum Gasteiger partial charge on any atom is -0.504 e. The SMILES string of the molecule is C/C(=C\c1ccc(O[C@@H]2O[C@H](/C(C)=C/COc3cc(F)ccc3Cl)[C@@H](O)[C@@H]2O)c(O)c1)C(=O)N[C@@H]1[C@H](O)[C@@H](O)[C@H]2OCO[C@H]2[C@@H]1O. The van der Waals surface area contributed by atoms with Crippen molar-refractivity contribution in [2.75, 3.05) is 13.4 Å². The second-order valence-corrected chi connectivity index (χ2v) is 11.7. The van der Waals surface area contributed by atoms with Crippen LogP contribution in [0, 0.1) is 5.82 Å². The first-order valence-corrected chi connectivity index (χ1v) is 14.8. The molecule has 2 aromatic carbocycles. The fourth-order valence-corrected chi connectivity index (χ4v) is 5.64. The zero-order valence-electron chi connectivity index (χ0n) is 24.7. The number of benzene rings is 2. The Morgan fingerprint density at radius 3 is 2.41 bits per heavy atom. The topological polar surface area (TPSA) is 197 Å². The first-order valence-electron chi connectivity index (χ1n) is 14.4. The summed E-state index contributed by atoms with van der Waals surface area (Å²) in [5, 5.41) is 65.8. The highest BCUT2D eigenvalue weighted by molar-refractivity contribution is 6.32. The first-order chi connectivity index (χ1) is 21.8. The highest BCUT2D eigenvalue weighted by atomic mass is 35.5. The van der Waals surface area contributed by atoms with E-state index in [0.29, 0.717) is 11.1 Å². The molecule has 7 N–H and O–H groups in total. The maximum absolute atomic E-state index is 13.5. The van der Waals surface area contributed by atoms with Crippen LogP contribution in [0.3, 0.4) is 0 Å². The Balaban J connectivity index is 1.18. The number of fused-ring (bicyclic) bond motifs is 1. The number of rotatable bonds is 9. The Kier molecular flexibility index (Phi) is 10.5. The lowest BCUT2D eigenvalue weighted by atomic mass is 9.83. The third-order valence-electron chi connectivity index (χ3n) is 8.07. The van der Waals surface area contributed by atoms with Crippen LogP contribution in [0.5, 0.6) is 17.2 Å². The van der Waals surface area contributed by atoms with Gasteiger partial charge in [-0.25, -0.2) is 4.39 Å². The number of aliphatic hydroxyl groups is 5. The molecular formula is C31H35ClFNO12. The third-order valence-corrected chi connectivity index (χ3v) is 8.39. The fraction of sp³-hybridized carbons (Fsp3) is 0.452. The molecule has 250 valence electrons. The van der Waals surface area contributed by atoms with Crippen molar-refractivity contribution in [2.24, 2.45) is 0 Å². The molecule has 1 aliphatic carbocycles. The number of carbonyl (C=O) groups is 1. The molecule has 10 atom stereocenters. The number of phenols is 1. The van der Waals surface area contributed by atoms with Crippen LogP contribution >= 0.6 is 11.6 Å². The third kappa shape index (κ3) is 7.15. The van der Waals surface area contributed by atoms with Gasteiger partial charge in [0.15, 0.2) is 11.5 Å². The summed E-state index contributed by atoms with van der Waals surface area (Å²) in [6, 6.07) is 6.66.